The first-order valence-corrected chi connectivity index (χ1v) is 8.88. The molecule has 24 heavy (non-hydrogen) atoms. The summed E-state index contributed by atoms with van der Waals surface area (Å²) in [4.78, 5) is 12.5. The van der Waals surface area contributed by atoms with E-state index in [0.717, 1.165) is 17.5 Å². The lowest BCUT2D eigenvalue weighted by Gasteiger charge is -2.29. The molecule has 1 amide bonds. The van der Waals surface area contributed by atoms with Gasteiger partial charge in [0, 0.05) is 11.6 Å². The second-order valence-corrected chi connectivity index (χ2v) is 6.98. The normalized spacial score (nSPS) is 20.8. The Balaban J connectivity index is 1.68. The Hall–Kier alpha value is -1.95. The van der Waals surface area contributed by atoms with Gasteiger partial charge in [0.1, 0.15) is 6.54 Å². The molecular weight excluding hydrogens is 322 g/mol. The maximum Gasteiger partial charge on any atom is 0.287 e. The van der Waals surface area contributed by atoms with Crippen molar-refractivity contribution in [3.8, 4) is 11.5 Å². The Labute approximate surface area is 147 Å². The number of rotatable bonds is 4. The van der Waals surface area contributed by atoms with Crippen LogP contribution in [0.4, 0.5) is 0 Å². The zero-order chi connectivity index (χ0) is 17.1. The van der Waals surface area contributed by atoms with E-state index in [1.54, 1.807) is 0 Å². The summed E-state index contributed by atoms with van der Waals surface area (Å²) in [6, 6.07) is 8.10. The molecule has 0 radical (unpaired) electrons. The fourth-order valence-corrected chi connectivity index (χ4v) is 3.32. The fourth-order valence-electron chi connectivity index (χ4n) is 3.14. The molecule has 1 saturated carbocycles. The molecule has 3 rings (SSSR count). The van der Waals surface area contributed by atoms with E-state index in [1.807, 2.05) is 31.2 Å². The molecule has 1 aromatic heterocycles. The van der Waals surface area contributed by atoms with E-state index in [0.29, 0.717) is 11.8 Å². The Bertz CT molecular complexity index is 763. The number of aryl methyl sites for hydroxylation is 1. The molecule has 1 fully saturated rings. The molecule has 1 aliphatic carbocycles. The molecular formula is C18H23N3O2S. The van der Waals surface area contributed by atoms with Gasteiger partial charge in [0.25, 0.3) is 4.84 Å². The number of aromatic nitrogens is 2. The first-order valence-electron chi connectivity index (χ1n) is 8.47. The third-order valence-corrected chi connectivity index (χ3v) is 4.95. The van der Waals surface area contributed by atoms with E-state index in [-0.39, 0.29) is 23.3 Å². The van der Waals surface area contributed by atoms with E-state index in [9.17, 15) is 4.79 Å². The topological polar surface area (TPSA) is 60.1 Å². The smallest absolute Gasteiger partial charge is 0.287 e. The number of amides is 1. The summed E-state index contributed by atoms with van der Waals surface area (Å²) in [5.74, 6) is 0.906. The summed E-state index contributed by atoms with van der Waals surface area (Å²) in [7, 11) is 0. The SMILES string of the molecule is Cc1ccc(-c2nn(CC(=O)N[C@@H]3CCCC[C@@H]3C)c(=S)o2)cc1. The highest BCUT2D eigenvalue weighted by Gasteiger charge is 2.23. The van der Waals surface area contributed by atoms with Crippen LogP contribution in [0.15, 0.2) is 28.7 Å². The van der Waals surface area contributed by atoms with Crippen LogP contribution in [0, 0.1) is 17.7 Å². The molecule has 2 aromatic rings. The van der Waals surface area contributed by atoms with Gasteiger partial charge in [0.2, 0.25) is 11.8 Å². The summed E-state index contributed by atoms with van der Waals surface area (Å²) in [6.07, 6.45) is 4.65. The van der Waals surface area contributed by atoms with Crippen molar-refractivity contribution >= 4 is 18.1 Å². The summed E-state index contributed by atoms with van der Waals surface area (Å²) < 4.78 is 6.99. The van der Waals surface area contributed by atoms with Crippen LogP contribution in [-0.2, 0) is 11.3 Å². The molecule has 0 spiro atoms. The third kappa shape index (κ3) is 3.93. The number of nitrogens with zero attached hydrogens (tertiary/aromatic N) is 2. The molecule has 0 unspecified atom stereocenters. The minimum atomic E-state index is -0.0615. The summed E-state index contributed by atoms with van der Waals surface area (Å²) in [6.45, 7) is 4.31. The third-order valence-electron chi connectivity index (χ3n) is 4.66. The first-order chi connectivity index (χ1) is 11.5. The molecule has 1 heterocycles. The predicted molar refractivity (Wildman–Crippen MR) is 95.1 cm³/mol. The van der Waals surface area contributed by atoms with Gasteiger partial charge in [0.05, 0.1) is 0 Å². The second-order valence-electron chi connectivity index (χ2n) is 6.63. The molecule has 6 heteroatoms. The van der Waals surface area contributed by atoms with Gasteiger partial charge in [-0.1, -0.05) is 37.5 Å². The lowest BCUT2D eigenvalue weighted by atomic mass is 9.86. The van der Waals surface area contributed by atoms with Crippen molar-refractivity contribution in [1.82, 2.24) is 15.1 Å². The maximum absolute atomic E-state index is 12.3. The van der Waals surface area contributed by atoms with Crippen molar-refractivity contribution in [2.45, 2.75) is 52.1 Å². The van der Waals surface area contributed by atoms with E-state index in [1.165, 1.54) is 23.9 Å². The molecule has 5 nitrogen and oxygen atoms in total. The van der Waals surface area contributed by atoms with Crippen LogP contribution in [0.3, 0.4) is 0 Å². The standard InChI is InChI=1S/C18H23N3O2S/c1-12-7-9-14(10-8-12)17-20-21(18(24)23-17)11-16(22)19-15-6-4-3-5-13(15)2/h7-10,13,15H,3-6,11H2,1-2H3,(H,19,22)/t13-,15+/m0/s1. The highest BCUT2D eigenvalue weighted by Crippen LogP contribution is 2.23. The number of carbonyl (C=O) groups is 1. The highest BCUT2D eigenvalue weighted by atomic mass is 32.1. The molecule has 128 valence electrons. The van der Waals surface area contributed by atoms with Gasteiger partial charge in [-0.05, 0) is 50.0 Å². The Morgan fingerprint density at radius 1 is 1.33 bits per heavy atom. The van der Waals surface area contributed by atoms with Crippen LogP contribution in [0.5, 0.6) is 0 Å². The Kier molecular flexibility index (Phi) is 5.14. The number of carbonyl (C=O) groups excluding carboxylic acids is 1. The van der Waals surface area contributed by atoms with Gasteiger partial charge in [-0.15, -0.1) is 5.10 Å². The van der Waals surface area contributed by atoms with E-state index < -0.39 is 0 Å². The molecule has 1 aliphatic rings. The number of hydrogen-bond acceptors (Lipinski definition) is 4. The number of hydrogen-bond donors (Lipinski definition) is 1. The Morgan fingerprint density at radius 3 is 2.75 bits per heavy atom. The van der Waals surface area contributed by atoms with Crippen molar-refractivity contribution in [2.75, 3.05) is 0 Å². The molecule has 1 aromatic carbocycles. The molecule has 2 atom stereocenters. The molecule has 0 saturated heterocycles. The molecule has 0 bridgehead atoms. The van der Waals surface area contributed by atoms with E-state index in [4.69, 9.17) is 16.6 Å². The van der Waals surface area contributed by atoms with Crippen LogP contribution in [0.2, 0.25) is 0 Å². The van der Waals surface area contributed by atoms with E-state index in [2.05, 4.69) is 17.3 Å². The minimum Gasteiger partial charge on any atom is -0.409 e. The van der Waals surface area contributed by atoms with Gasteiger partial charge in [-0.2, -0.15) is 0 Å². The van der Waals surface area contributed by atoms with Gasteiger partial charge >= 0.3 is 0 Å². The van der Waals surface area contributed by atoms with Gasteiger partial charge in [-0.25, -0.2) is 4.68 Å². The first kappa shape index (κ1) is 16.9. The summed E-state index contributed by atoms with van der Waals surface area (Å²) >= 11 is 5.20. The van der Waals surface area contributed by atoms with Gasteiger partial charge < -0.3 is 9.73 Å². The van der Waals surface area contributed by atoms with Gasteiger partial charge in [0.15, 0.2) is 0 Å². The Morgan fingerprint density at radius 2 is 2.04 bits per heavy atom. The van der Waals surface area contributed by atoms with Crippen LogP contribution in [-0.4, -0.2) is 21.7 Å². The van der Waals surface area contributed by atoms with Crippen molar-refractivity contribution in [3.63, 3.8) is 0 Å². The lowest BCUT2D eigenvalue weighted by Crippen LogP contribution is -2.42. The minimum absolute atomic E-state index is 0.0615. The van der Waals surface area contributed by atoms with Crippen molar-refractivity contribution in [1.29, 1.82) is 0 Å². The van der Waals surface area contributed by atoms with Crippen molar-refractivity contribution < 1.29 is 9.21 Å². The molecule has 1 N–H and O–H groups in total. The fraction of sp³-hybridized carbons (Fsp3) is 0.500. The highest BCUT2D eigenvalue weighted by molar-refractivity contribution is 7.71. The van der Waals surface area contributed by atoms with Crippen molar-refractivity contribution in [3.05, 3.63) is 34.7 Å². The largest absolute Gasteiger partial charge is 0.409 e. The van der Waals surface area contributed by atoms with Gasteiger partial charge in [-0.3, -0.25) is 4.79 Å². The monoisotopic (exact) mass is 345 g/mol. The zero-order valence-electron chi connectivity index (χ0n) is 14.1. The lowest BCUT2D eigenvalue weighted by molar-refractivity contribution is -0.123. The summed E-state index contributed by atoms with van der Waals surface area (Å²) in [5.41, 5.74) is 2.02. The quantitative estimate of drug-likeness (QED) is 0.855. The van der Waals surface area contributed by atoms with Crippen LogP contribution < -0.4 is 5.32 Å². The van der Waals surface area contributed by atoms with Crippen LogP contribution in [0.25, 0.3) is 11.5 Å². The second kappa shape index (κ2) is 7.30. The van der Waals surface area contributed by atoms with Crippen LogP contribution >= 0.6 is 12.2 Å². The zero-order valence-corrected chi connectivity index (χ0v) is 14.9. The number of benzene rings is 1. The number of nitrogens with one attached hydrogen (secondary N) is 1. The summed E-state index contributed by atoms with van der Waals surface area (Å²) in [5, 5.41) is 7.46. The van der Waals surface area contributed by atoms with E-state index >= 15 is 0 Å². The van der Waals surface area contributed by atoms with Crippen molar-refractivity contribution in [2.24, 2.45) is 5.92 Å². The molecule has 0 aliphatic heterocycles. The van der Waals surface area contributed by atoms with Crippen LogP contribution in [0.1, 0.15) is 38.2 Å². The predicted octanol–water partition coefficient (Wildman–Crippen LogP) is 3.88. The average Bonchev–Trinajstić information content (AvgIpc) is 2.91. The average molecular weight is 345 g/mol. The maximum atomic E-state index is 12.3.